The minimum Gasteiger partial charge on any atom is -0.490 e. The van der Waals surface area contributed by atoms with Gasteiger partial charge in [0.15, 0.2) is 0 Å². The summed E-state index contributed by atoms with van der Waals surface area (Å²) in [6.07, 6.45) is 0. The second kappa shape index (κ2) is 6.79. The summed E-state index contributed by atoms with van der Waals surface area (Å²) in [5.41, 5.74) is 1.87. The summed E-state index contributed by atoms with van der Waals surface area (Å²) in [4.78, 5) is 4.55. The van der Waals surface area contributed by atoms with Crippen LogP contribution in [0.3, 0.4) is 0 Å². The van der Waals surface area contributed by atoms with Crippen molar-refractivity contribution in [2.75, 3.05) is 13.2 Å². The average Bonchev–Trinajstić information content (AvgIpc) is 2.52. The van der Waals surface area contributed by atoms with Crippen molar-refractivity contribution in [2.24, 2.45) is 0 Å². The molecular formula is C18H16BrNO2. The molecule has 0 aliphatic rings. The van der Waals surface area contributed by atoms with Crippen LogP contribution < -0.4 is 9.47 Å². The average molecular weight is 358 g/mol. The van der Waals surface area contributed by atoms with Gasteiger partial charge >= 0.3 is 0 Å². The number of ether oxygens (including phenoxy) is 2. The maximum atomic E-state index is 5.83. The molecule has 0 spiro atoms. The number of nitrogens with zero attached hydrogens (tertiary/aromatic N) is 1. The zero-order chi connectivity index (χ0) is 15.4. The number of rotatable bonds is 5. The molecule has 0 N–H and O–H groups in total. The second-order valence-electron chi connectivity index (χ2n) is 4.93. The molecule has 0 fully saturated rings. The number of hydrogen-bond donors (Lipinski definition) is 0. The number of benzene rings is 2. The summed E-state index contributed by atoms with van der Waals surface area (Å²) in [5, 5.41) is 1.08. The SMILES string of the molecule is Cc1ccc2cccc(OCCOc3cccc(Br)c3)c2n1. The molecule has 3 nitrogen and oxygen atoms in total. The Bertz CT molecular complexity index is 789. The Morgan fingerprint density at radius 1 is 0.955 bits per heavy atom. The number of pyridine rings is 1. The molecule has 0 saturated carbocycles. The summed E-state index contributed by atoms with van der Waals surface area (Å²) in [6, 6.07) is 17.8. The lowest BCUT2D eigenvalue weighted by Gasteiger charge is -2.10. The highest BCUT2D eigenvalue weighted by atomic mass is 79.9. The molecule has 4 heteroatoms. The maximum Gasteiger partial charge on any atom is 0.145 e. The van der Waals surface area contributed by atoms with Gasteiger partial charge in [-0.2, -0.15) is 0 Å². The number of aryl methyl sites for hydroxylation is 1. The van der Waals surface area contributed by atoms with Crippen LogP contribution in [-0.4, -0.2) is 18.2 Å². The van der Waals surface area contributed by atoms with Crippen molar-refractivity contribution in [1.29, 1.82) is 0 Å². The molecule has 1 aromatic heterocycles. The van der Waals surface area contributed by atoms with Crippen LogP contribution in [0, 0.1) is 6.92 Å². The van der Waals surface area contributed by atoms with Crippen LogP contribution in [0.5, 0.6) is 11.5 Å². The van der Waals surface area contributed by atoms with Gasteiger partial charge in [0.1, 0.15) is 30.2 Å². The molecule has 0 atom stereocenters. The smallest absolute Gasteiger partial charge is 0.145 e. The Kier molecular flexibility index (Phi) is 4.59. The number of hydrogen-bond acceptors (Lipinski definition) is 3. The van der Waals surface area contributed by atoms with Crippen LogP contribution in [0.4, 0.5) is 0 Å². The zero-order valence-corrected chi connectivity index (χ0v) is 13.8. The Balaban J connectivity index is 1.63. The highest BCUT2D eigenvalue weighted by Gasteiger charge is 2.04. The Morgan fingerprint density at radius 2 is 1.77 bits per heavy atom. The van der Waals surface area contributed by atoms with Crippen molar-refractivity contribution < 1.29 is 9.47 Å². The monoisotopic (exact) mass is 357 g/mol. The quantitative estimate of drug-likeness (QED) is 0.616. The normalized spacial score (nSPS) is 10.6. The minimum absolute atomic E-state index is 0.473. The minimum atomic E-state index is 0.473. The standard InChI is InChI=1S/C18H16BrNO2/c1-13-8-9-14-4-2-7-17(18(14)20-13)22-11-10-21-16-6-3-5-15(19)12-16/h2-9,12H,10-11H2,1H3. The molecule has 22 heavy (non-hydrogen) atoms. The van der Waals surface area contributed by atoms with Crippen LogP contribution in [0.25, 0.3) is 10.9 Å². The fourth-order valence-corrected chi connectivity index (χ4v) is 2.58. The zero-order valence-electron chi connectivity index (χ0n) is 12.3. The fraction of sp³-hybridized carbons (Fsp3) is 0.167. The molecule has 0 unspecified atom stereocenters. The van der Waals surface area contributed by atoms with Crippen molar-refractivity contribution in [1.82, 2.24) is 4.98 Å². The van der Waals surface area contributed by atoms with E-state index in [0.29, 0.717) is 13.2 Å². The van der Waals surface area contributed by atoms with E-state index in [2.05, 4.69) is 27.0 Å². The number of aromatic nitrogens is 1. The summed E-state index contributed by atoms with van der Waals surface area (Å²) in [6.45, 7) is 2.94. The summed E-state index contributed by atoms with van der Waals surface area (Å²) in [5.74, 6) is 1.61. The molecule has 0 bridgehead atoms. The first kappa shape index (κ1) is 14.9. The molecule has 0 saturated heterocycles. The van der Waals surface area contributed by atoms with Crippen molar-refractivity contribution in [3.63, 3.8) is 0 Å². The number of para-hydroxylation sites is 1. The third kappa shape index (κ3) is 3.57. The largest absolute Gasteiger partial charge is 0.490 e. The first-order valence-corrected chi connectivity index (χ1v) is 7.89. The van der Waals surface area contributed by atoms with Gasteiger partial charge in [0, 0.05) is 15.6 Å². The van der Waals surface area contributed by atoms with E-state index in [9.17, 15) is 0 Å². The highest BCUT2D eigenvalue weighted by Crippen LogP contribution is 2.24. The van der Waals surface area contributed by atoms with Crippen LogP contribution in [0.2, 0.25) is 0 Å². The van der Waals surface area contributed by atoms with E-state index < -0.39 is 0 Å². The van der Waals surface area contributed by atoms with Gasteiger partial charge in [-0.15, -0.1) is 0 Å². The van der Waals surface area contributed by atoms with Gasteiger partial charge in [0.2, 0.25) is 0 Å². The Morgan fingerprint density at radius 3 is 2.64 bits per heavy atom. The molecule has 2 aromatic carbocycles. The van der Waals surface area contributed by atoms with Crippen LogP contribution in [0.15, 0.2) is 59.1 Å². The molecule has 0 amide bonds. The highest BCUT2D eigenvalue weighted by molar-refractivity contribution is 9.10. The molecule has 0 radical (unpaired) electrons. The van der Waals surface area contributed by atoms with Gasteiger partial charge in [-0.25, -0.2) is 4.98 Å². The van der Waals surface area contributed by atoms with E-state index >= 15 is 0 Å². The first-order valence-electron chi connectivity index (χ1n) is 7.10. The molecular weight excluding hydrogens is 342 g/mol. The van der Waals surface area contributed by atoms with Crippen LogP contribution in [-0.2, 0) is 0 Å². The Hall–Kier alpha value is -2.07. The van der Waals surface area contributed by atoms with Crippen LogP contribution >= 0.6 is 15.9 Å². The molecule has 1 heterocycles. The summed E-state index contributed by atoms with van der Waals surface area (Å²) in [7, 11) is 0. The van der Waals surface area contributed by atoms with E-state index in [1.54, 1.807) is 0 Å². The van der Waals surface area contributed by atoms with E-state index in [1.165, 1.54) is 0 Å². The molecule has 3 aromatic rings. The van der Waals surface area contributed by atoms with Crippen LogP contribution in [0.1, 0.15) is 5.69 Å². The lowest BCUT2D eigenvalue weighted by atomic mass is 10.2. The maximum absolute atomic E-state index is 5.83. The predicted molar refractivity (Wildman–Crippen MR) is 91.6 cm³/mol. The van der Waals surface area contributed by atoms with E-state index in [-0.39, 0.29) is 0 Å². The van der Waals surface area contributed by atoms with Crippen molar-refractivity contribution >= 4 is 26.8 Å². The Labute approximate surface area is 138 Å². The van der Waals surface area contributed by atoms with E-state index in [4.69, 9.17) is 9.47 Å². The van der Waals surface area contributed by atoms with E-state index in [0.717, 1.165) is 32.6 Å². The second-order valence-corrected chi connectivity index (χ2v) is 5.85. The van der Waals surface area contributed by atoms with Gasteiger partial charge in [-0.3, -0.25) is 0 Å². The van der Waals surface area contributed by atoms with Crippen molar-refractivity contribution in [3.05, 3.63) is 64.8 Å². The first-order chi connectivity index (χ1) is 10.7. The summed E-state index contributed by atoms with van der Waals surface area (Å²) >= 11 is 3.42. The van der Waals surface area contributed by atoms with Gasteiger partial charge in [0.25, 0.3) is 0 Å². The summed E-state index contributed by atoms with van der Waals surface area (Å²) < 4.78 is 12.5. The van der Waals surface area contributed by atoms with Gasteiger partial charge in [-0.05, 0) is 37.3 Å². The fourth-order valence-electron chi connectivity index (χ4n) is 2.20. The van der Waals surface area contributed by atoms with Crippen molar-refractivity contribution in [3.8, 4) is 11.5 Å². The number of halogens is 1. The third-order valence-corrected chi connectivity index (χ3v) is 3.72. The molecule has 3 rings (SSSR count). The third-order valence-electron chi connectivity index (χ3n) is 3.23. The molecule has 0 aliphatic carbocycles. The van der Waals surface area contributed by atoms with Crippen molar-refractivity contribution in [2.45, 2.75) is 6.92 Å². The predicted octanol–water partition coefficient (Wildman–Crippen LogP) is 4.76. The lowest BCUT2D eigenvalue weighted by Crippen LogP contribution is -2.09. The number of fused-ring (bicyclic) bond motifs is 1. The van der Waals surface area contributed by atoms with Gasteiger partial charge in [0.05, 0.1) is 0 Å². The van der Waals surface area contributed by atoms with E-state index in [1.807, 2.05) is 55.5 Å². The van der Waals surface area contributed by atoms with Gasteiger partial charge < -0.3 is 9.47 Å². The lowest BCUT2D eigenvalue weighted by molar-refractivity contribution is 0.218. The molecule has 0 aliphatic heterocycles. The molecule has 112 valence electrons. The van der Waals surface area contributed by atoms with Gasteiger partial charge in [-0.1, -0.05) is 40.2 Å². The topological polar surface area (TPSA) is 31.4 Å².